The number of rotatable bonds is 8. The summed E-state index contributed by atoms with van der Waals surface area (Å²) in [4.78, 5) is 21.3. The van der Waals surface area contributed by atoms with E-state index in [1.165, 1.54) is 5.56 Å². The van der Waals surface area contributed by atoms with E-state index < -0.39 is 7.94 Å². The molecule has 0 aliphatic heterocycles. The predicted octanol–water partition coefficient (Wildman–Crippen LogP) is 6.36. The first kappa shape index (κ1) is 23.4. The van der Waals surface area contributed by atoms with Gasteiger partial charge in [0.1, 0.15) is 0 Å². The van der Waals surface area contributed by atoms with Crippen molar-refractivity contribution in [2.45, 2.75) is 91.9 Å². The molecular formula is C22H41O3P. The first-order valence-electron chi connectivity index (χ1n) is 10.1. The minimum absolute atomic E-state index is 0.0406. The van der Waals surface area contributed by atoms with Gasteiger partial charge in [0.25, 0.3) is 0 Å². The van der Waals surface area contributed by atoms with Gasteiger partial charge >= 0.3 is 161 Å². The Balaban J connectivity index is 3.10. The summed E-state index contributed by atoms with van der Waals surface area (Å²) in [7, 11) is -3.75. The molecule has 1 aromatic carbocycles. The van der Waals surface area contributed by atoms with Crippen molar-refractivity contribution in [3.63, 3.8) is 0 Å². The molecule has 0 heterocycles. The van der Waals surface area contributed by atoms with E-state index >= 15 is 0 Å². The van der Waals surface area contributed by atoms with Gasteiger partial charge in [-0.15, -0.1) is 0 Å². The second kappa shape index (κ2) is 9.04. The van der Waals surface area contributed by atoms with Crippen LogP contribution < -0.4 is 4.52 Å². The van der Waals surface area contributed by atoms with Gasteiger partial charge < -0.3 is 0 Å². The zero-order chi connectivity index (χ0) is 20.2. The fourth-order valence-corrected chi connectivity index (χ4v) is 5.07. The van der Waals surface area contributed by atoms with Gasteiger partial charge in [-0.25, -0.2) is 0 Å². The summed E-state index contributed by atoms with van der Waals surface area (Å²) in [6, 6.07) is 6.12. The van der Waals surface area contributed by atoms with E-state index in [0.29, 0.717) is 17.8 Å². The Morgan fingerprint density at radius 1 is 1.00 bits per heavy atom. The van der Waals surface area contributed by atoms with Crippen molar-refractivity contribution in [1.82, 2.24) is 0 Å². The second-order valence-corrected chi connectivity index (χ2v) is 11.8. The van der Waals surface area contributed by atoms with Crippen LogP contribution in [-0.4, -0.2) is 15.9 Å². The van der Waals surface area contributed by atoms with E-state index in [-0.39, 0.29) is 10.8 Å². The van der Waals surface area contributed by atoms with Gasteiger partial charge in [-0.3, -0.25) is 0 Å². The van der Waals surface area contributed by atoms with Crippen molar-refractivity contribution >= 4 is 7.94 Å². The van der Waals surface area contributed by atoms with Crippen LogP contribution in [0.1, 0.15) is 92.2 Å². The molecule has 0 saturated carbocycles. The van der Waals surface area contributed by atoms with Crippen LogP contribution in [0.2, 0.25) is 0 Å². The van der Waals surface area contributed by atoms with Crippen LogP contribution in [0.3, 0.4) is 0 Å². The molecule has 0 amide bonds. The van der Waals surface area contributed by atoms with Gasteiger partial charge in [0.05, 0.1) is 0 Å². The van der Waals surface area contributed by atoms with Crippen LogP contribution in [0, 0.1) is 5.92 Å². The van der Waals surface area contributed by atoms with Crippen LogP contribution in [0.25, 0.3) is 0 Å². The molecule has 1 rings (SSSR count). The average Bonchev–Trinajstić information content (AvgIpc) is 2.49. The number of benzene rings is 1. The summed E-state index contributed by atoms with van der Waals surface area (Å²) < 4.78 is 5.89. The zero-order valence-electron chi connectivity index (χ0n) is 18.1. The summed E-state index contributed by atoms with van der Waals surface area (Å²) in [5.41, 5.74) is 2.17. The average molecular weight is 385 g/mol. The quantitative estimate of drug-likeness (QED) is 0.513. The number of hydrogen-bond acceptors (Lipinski definition) is 3. The molecule has 1 aromatic rings. The Morgan fingerprint density at radius 3 is 2.08 bits per heavy atom. The van der Waals surface area contributed by atoms with E-state index in [1.54, 1.807) is 0 Å². The Hall–Kier alpha value is -0.630. The van der Waals surface area contributed by atoms with E-state index in [2.05, 4.69) is 61.5 Å². The summed E-state index contributed by atoms with van der Waals surface area (Å²) in [6.45, 7) is 17.2. The monoisotopic (exact) mass is 384 g/mol. The predicted molar refractivity (Wildman–Crippen MR) is 115 cm³/mol. The van der Waals surface area contributed by atoms with Gasteiger partial charge in [0.2, 0.25) is 0 Å². The summed E-state index contributed by atoms with van der Waals surface area (Å²) in [6.07, 6.45) is 4.60. The normalized spacial score (nSPS) is 15.0. The summed E-state index contributed by atoms with van der Waals surface area (Å²) >= 11 is 0. The Bertz CT molecular complexity index is 568. The molecule has 1 atom stereocenters. The molecule has 0 saturated heterocycles. The molecule has 0 aliphatic rings. The Morgan fingerprint density at radius 2 is 1.62 bits per heavy atom. The van der Waals surface area contributed by atoms with E-state index in [1.807, 2.05) is 12.1 Å². The van der Waals surface area contributed by atoms with Gasteiger partial charge in [-0.05, 0) is 0 Å². The van der Waals surface area contributed by atoms with Crippen molar-refractivity contribution in [3.05, 3.63) is 29.3 Å². The van der Waals surface area contributed by atoms with Gasteiger partial charge in [0.15, 0.2) is 0 Å². The van der Waals surface area contributed by atoms with Crippen LogP contribution in [0.5, 0.6) is 5.75 Å². The van der Waals surface area contributed by atoms with Crippen LogP contribution in [-0.2, 0) is 10.8 Å². The van der Waals surface area contributed by atoms with Crippen molar-refractivity contribution < 1.29 is 14.3 Å². The number of hydrogen-bond donors (Lipinski definition) is 2. The molecule has 0 fully saturated rings. The van der Waals surface area contributed by atoms with Crippen molar-refractivity contribution in [2.24, 2.45) is 5.92 Å². The van der Waals surface area contributed by atoms with E-state index in [4.69, 9.17) is 4.52 Å². The third-order valence-corrected chi connectivity index (χ3v) is 6.68. The third-order valence-electron chi connectivity index (χ3n) is 5.02. The van der Waals surface area contributed by atoms with Crippen LogP contribution in [0.4, 0.5) is 0 Å². The molecule has 0 spiro atoms. The molecule has 152 valence electrons. The second-order valence-electron chi connectivity index (χ2n) is 9.68. The summed E-state index contributed by atoms with van der Waals surface area (Å²) in [5, 5.41) is 0. The SMILES string of the molecule is CCCCC(CC)C[PH](O)(O)Oc1ccc(C(C)(C)C)cc1C(C)(C)C. The van der Waals surface area contributed by atoms with E-state index in [0.717, 1.165) is 31.2 Å². The van der Waals surface area contributed by atoms with Crippen LogP contribution in [0.15, 0.2) is 18.2 Å². The van der Waals surface area contributed by atoms with E-state index in [9.17, 15) is 9.79 Å². The molecule has 26 heavy (non-hydrogen) atoms. The third kappa shape index (κ3) is 7.18. The first-order valence-corrected chi connectivity index (χ1v) is 12.1. The van der Waals surface area contributed by atoms with Crippen molar-refractivity contribution in [2.75, 3.05) is 6.16 Å². The summed E-state index contributed by atoms with van der Waals surface area (Å²) in [5.74, 6) is 0.927. The van der Waals surface area contributed by atoms with Crippen molar-refractivity contribution in [3.8, 4) is 5.75 Å². The van der Waals surface area contributed by atoms with Gasteiger partial charge in [0, 0.05) is 0 Å². The molecule has 0 aliphatic carbocycles. The molecule has 3 nitrogen and oxygen atoms in total. The molecule has 0 radical (unpaired) electrons. The Labute approximate surface area is 161 Å². The van der Waals surface area contributed by atoms with Crippen molar-refractivity contribution in [1.29, 1.82) is 0 Å². The maximum atomic E-state index is 10.7. The fourth-order valence-electron chi connectivity index (χ4n) is 3.21. The van der Waals surface area contributed by atoms with Crippen LogP contribution >= 0.6 is 7.94 Å². The zero-order valence-corrected chi connectivity index (χ0v) is 19.1. The molecule has 1 unspecified atom stereocenters. The first-order chi connectivity index (χ1) is 11.8. The number of unbranched alkanes of at least 4 members (excludes halogenated alkanes) is 1. The molecule has 4 heteroatoms. The minimum atomic E-state index is -3.75. The van der Waals surface area contributed by atoms with Gasteiger partial charge in [-0.2, -0.15) is 0 Å². The molecule has 0 bridgehead atoms. The maximum absolute atomic E-state index is 10.7. The molecular weight excluding hydrogens is 343 g/mol. The Kier molecular flexibility index (Phi) is 8.14. The molecule has 0 aromatic heterocycles. The molecule has 2 N–H and O–H groups in total. The van der Waals surface area contributed by atoms with Gasteiger partial charge in [-0.1, -0.05) is 0 Å². The standard InChI is InChI=1S/C22H41O3P/c1-9-11-12-17(10-2)16-26(23,24)25-20-14-13-18(21(3,4)5)15-19(20)22(6,7)8/h13-15,17,23-24,26H,9-12,16H2,1-8H3. The fraction of sp³-hybridized carbons (Fsp3) is 0.727. The topological polar surface area (TPSA) is 49.7 Å².